The maximum atomic E-state index is 2.31. The predicted octanol–water partition coefficient (Wildman–Crippen LogP) is 12.2. The second-order valence-corrected chi connectivity index (χ2v) is 13.5. The van der Waals surface area contributed by atoms with Crippen molar-refractivity contribution in [1.29, 1.82) is 0 Å². The molecule has 0 aliphatic heterocycles. The third-order valence-corrected chi connectivity index (χ3v) is 5.93. The summed E-state index contributed by atoms with van der Waals surface area (Å²) in [6.07, 6.45) is 8.35. The summed E-state index contributed by atoms with van der Waals surface area (Å²) in [6, 6.07) is 0. The molecule has 0 heteroatoms. The van der Waals surface area contributed by atoms with Gasteiger partial charge in [0.1, 0.15) is 0 Å². The molecule has 200 valence electrons. The molecule has 0 aromatic heterocycles. The van der Waals surface area contributed by atoms with E-state index in [0.717, 1.165) is 53.3 Å². The van der Waals surface area contributed by atoms with E-state index in [2.05, 4.69) is 118 Å². The van der Waals surface area contributed by atoms with Crippen molar-refractivity contribution in [1.82, 2.24) is 0 Å². The van der Waals surface area contributed by atoms with Crippen LogP contribution < -0.4 is 0 Å². The molecule has 0 fully saturated rings. The van der Waals surface area contributed by atoms with Crippen LogP contribution in [0.4, 0.5) is 0 Å². The van der Waals surface area contributed by atoms with Gasteiger partial charge in [-0.05, 0) is 59.7 Å². The van der Waals surface area contributed by atoms with Gasteiger partial charge < -0.3 is 0 Å². The van der Waals surface area contributed by atoms with E-state index in [0.29, 0.717) is 0 Å². The van der Waals surface area contributed by atoms with Crippen molar-refractivity contribution in [2.24, 2.45) is 53.3 Å². The molecule has 0 amide bonds. The van der Waals surface area contributed by atoms with Crippen LogP contribution in [0.1, 0.15) is 156 Å². The average Bonchev–Trinajstić information content (AvgIpc) is 2.58. The zero-order valence-electron chi connectivity index (χ0n) is 26.4. The zero-order chi connectivity index (χ0) is 26.4. The van der Waals surface area contributed by atoms with Gasteiger partial charge in [0.2, 0.25) is 0 Å². The van der Waals surface area contributed by atoms with E-state index in [9.17, 15) is 0 Å². The number of hydrogen-bond acceptors (Lipinski definition) is 0. The minimum atomic E-state index is 0.843. The van der Waals surface area contributed by atoms with Crippen molar-refractivity contribution in [3.63, 3.8) is 0 Å². The second-order valence-electron chi connectivity index (χ2n) is 13.5. The predicted molar refractivity (Wildman–Crippen MR) is 156 cm³/mol. The van der Waals surface area contributed by atoms with Crippen LogP contribution in [0.2, 0.25) is 0 Å². The Morgan fingerprint density at radius 1 is 0.312 bits per heavy atom. The monoisotopic (exact) mass is 457 g/mol. The van der Waals surface area contributed by atoms with Gasteiger partial charge in [0.25, 0.3) is 0 Å². The van der Waals surface area contributed by atoms with Crippen LogP contribution in [0.15, 0.2) is 0 Å². The molecule has 0 rings (SSSR count). The van der Waals surface area contributed by atoms with Crippen LogP contribution in [-0.4, -0.2) is 0 Å². The molecule has 0 aromatic carbocycles. The van der Waals surface area contributed by atoms with Crippen molar-refractivity contribution in [2.75, 3.05) is 0 Å². The van der Waals surface area contributed by atoms with Gasteiger partial charge in [-0.15, -0.1) is 0 Å². The summed E-state index contributed by atoms with van der Waals surface area (Å²) in [7, 11) is 0. The molecule has 0 nitrogen and oxygen atoms in total. The van der Waals surface area contributed by atoms with E-state index in [-0.39, 0.29) is 0 Å². The van der Waals surface area contributed by atoms with Crippen molar-refractivity contribution in [3.8, 4) is 0 Å². The van der Waals surface area contributed by atoms with E-state index < -0.39 is 0 Å². The molecule has 32 heavy (non-hydrogen) atoms. The first-order valence-electron chi connectivity index (χ1n) is 14.4. The average molecular weight is 457 g/mol. The second kappa shape index (κ2) is 25.6. The highest BCUT2D eigenvalue weighted by molar-refractivity contribution is 4.59. The highest BCUT2D eigenvalue weighted by Gasteiger charge is 2.09. The first-order valence-corrected chi connectivity index (χ1v) is 14.4. The largest absolute Gasteiger partial charge is 0.0628 e. The fourth-order valence-corrected chi connectivity index (χ4v) is 3.31. The van der Waals surface area contributed by atoms with Crippen LogP contribution in [0.5, 0.6) is 0 Å². The van der Waals surface area contributed by atoms with Crippen LogP contribution in [-0.2, 0) is 0 Å². The van der Waals surface area contributed by atoms with Crippen LogP contribution in [0.3, 0.4) is 0 Å². The molecule has 0 aliphatic carbocycles. The normalized spacial score (nSPS) is 11.4. The third kappa shape index (κ3) is 47.7. The Bertz CT molecular complexity index is 287. The molecule has 0 bridgehead atoms. The van der Waals surface area contributed by atoms with Gasteiger partial charge in [0.05, 0.1) is 0 Å². The summed E-state index contributed by atoms with van der Waals surface area (Å²) in [5, 5.41) is 0. The fraction of sp³-hybridized carbons (Fsp3) is 1.00. The quantitative estimate of drug-likeness (QED) is 0.290. The van der Waals surface area contributed by atoms with Gasteiger partial charge >= 0.3 is 0 Å². The van der Waals surface area contributed by atoms with Crippen LogP contribution >= 0.6 is 0 Å². The molecule has 0 aliphatic rings. The summed E-state index contributed by atoms with van der Waals surface area (Å²) in [5.74, 6) is 7.86. The van der Waals surface area contributed by atoms with Gasteiger partial charge in [-0.25, -0.2) is 0 Å². The molecule has 0 heterocycles. The van der Waals surface area contributed by atoms with Crippen LogP contribution in [0, 0.1) is 53.3 Å². The lowest BCUT2D eigenvalue weighted by atomic mass is 9.88. The van der Waals surface area contributed by atoms with E-state index in [1.807, 2.05) is 0 Å². The fourth-order valence-electron chi connectivity index (χ4n) is 3.31. The Kier molecular flexibility index (Phi) is 31.4. The highest BCUT2D eigenvalue weighted by Crippen LogP contribution is 2.18. The van der Waals surface area contributed by atoms with E-state index in [1.54, 1.807) is 0 Å². The van der Waals surface area contributed by atoms with E-state index in [4.69, 9.17) is 0 Å². The Balaban J connectivity index is -0.000000164. The van der Waals surface area contributed by atoms with Gasteiger partial charge in [-0.3, -0.25) is 0 Å². The standard InChI is InChI=1S/C9H20.2C8H18.C7H16/c1-8(2)6-5-7-9(3)4;1-7(2)5-6-8(3)4;1-6(2)8(5)7(3)4;1-6(2)5-7(3)4/h8-9H,5-7H2,1-4H3;7-8H,5-6H2,1-4H3;6-8H,1-5H3;6-7H,5H2,1-4H3. The smallest absolute Gasteiger partial charge is 0.0396 e. The maximum Gasteiger partial charge on any atom is -0.0396 e. The number of hydrogen-bond donors (Lipinski definition) is 0. The summed E-state index contributed by atoms with van der Waals surface area (Å²) in [6.45, 7) is 38.8. The summed E-state index contributed by atoms with van der Waals surface area (Å²) in [4.78, 5) is 0. The topological polar surface area (TPSA) is 0 Å². The van der Waals surface area contributed by atoms with Crippen molar-refractivity contribution >= 4 is 0 Å². The minimum Gasteiger partial charge on any atom is -0.0628 e. The molecule has 0 spiro atoms. The zero-order valence-corrected chi connectivity index (χ0v) is 26.4. The Morgan fingerprint density at radius 2 is 0.562 bits per heavy atom. The molecular formula is C32H72. The molecule has 0 saturated heterocycles. The van der Waals surface area contributed by atoms with Gasteiger partial charge in [-0.1, -0.05) is 150 Å². The molecule has 0 aromatic rings. The van der Waals surface area contributed by atoms with Crippen molar-refractivity contribution in [3.05, 3.63) is 0 Å². The summed E-state index contributed by atoms with van der Waals surface area (Å²) in [5.41, 5.74) is 0. The van der Waals surface area contributed by atoms with Gasteiger partial charge in [0.15, 0.2) is 0 Å². The number of rotatable bonds is 11. The molecule has 0 unspecified atom stereocenters. The third-order valence-electron chi connectivity index (χ3n) is 5.93. The van der Waals surface area contributed by atoms with Crippen LogP contribution in [0.25, 0.3) is 0 Å². The lowest BCUT2D eigenvalue weighted by molar-refractivity contribution is 0.316. The molecule has 0 saturated carbocycles. The lowest BCUT2D eigenvalue weighted by Crippen LogP contribution is -2.10. The van der Waals surface area contributed by atoms with E-state index in [1.165, 1.54) is 38.5 Å². The Hall–Kier alpha value is 0. The van der Waals surface area contributed by atoms with Crippen molar-refractivity contribution in [2.45, 2.75) is 156 Å². The maximum absolute atomic E-state index is 2.31. The first kappa shape index (κ1) is 39.2. The van der Waals surface area contributed by atoms with Gasteiger partial charge in [-0.2, -0.15) is 0 Å². The SMILES string of the molecule is CC(C)C(C)C(C)C.CC(C)CC(C)C.CC(C)CCC(C)C.CC(C)CCCC(C)C. The highest BCUT2D eigenvalue weighted by atomic mass is 14.2. The first-order chi connectivity index (χ1) is 14.4. The molecule has 0 N–H and O–H groups in total. The minimum absolute atomic E-state index is 0.843. The van der Waals surface area contributed by atoms with E-state index >= 15 is 0 Å². The molecule has 0 atom stereocenters. The Morgan fingerprint density at radius 3 is 0.656 bits per heavy atom. The molecule has 0 radical (unpaired) electrons. The molecular weight excluding hydrogens is 384 g/mol. The summed E-state index contributed by atoms with van der Waals surface area (Å²) >= 11 is 0. The van der Waals surface area contributed by atoms with Crippen molar-refractivity contribution < 1.29 is 0 Å². The van der Waals surface area contributed by atoms with Gasteiger partial charge in [0, 0.05) is 0 Å². The lowest BCUT2D eigenvalue weighted by Gasteiger charge is -2.18. The Labute approximate surface area is 209 Å². The summed E-state index contributed by atoms with van der Waals surface area (Å²) < 4.78 is 0.